The normalized spacial score (nSPS) is 10.7. The molecule has 0 spiro atoms. The lowest BCUT2D eigenvalue weighted by molar-refractivity contribution is 1.01. The summed E-state index contributed by atoms with van der Waals surface area (Å²) in [5.41, 5.74) is 3.28. The van der Waals surface area contributed by atoms with E-state index in [4.69, 9.17) is 5.84 Å². The van der Waals surface area contributed by atoms with Gasteiger partial charge in [0.05, 0.1) is 12.4 Å². The number of nitrogens with two attached hydrogens (primary N) is 1. The molecule has 90 valence electrons. The van der Waals surface area contributed by atoms with E-state index >= 15 is 0 Å². The van der Waals surface area contributed by atoms with Crippen LogP contribution in [0.4, 0.5) is 5.82 Å². The van der Waals surface area contributed by atoms with E-state index in [-0.39, 0.29) is 0 Å². The molecule has 8 heteroatoms. The highest BCUT2D eigenvalue weighted by Crippen LogP contribution is 2.27. The van der Waals surface area contributed by atoms with Crippen LogP contribution in [0.1, 0.15) is 0 Å². The fourth-order valence-corrected chi connectivity index (χ4v) is 2.30. The predicted molar refractivity (Wildman–Crippen MR) is 67.0 cm³/mol. The molecule has 0 saturated carbocycles. The fraction of sp³-hybridized carbons (Fsp3) is 0. The molecule has 0 fully saturated rings. The van der Waals surface area contributed by atoms with Gasteiger partial charge in [-0.05, 0) is 11.8 Å². The van der Waals surface area contributed by atoms with Crippen LogP contribution in [0, 0.1) is 0 Å². The molecule has 0 aliphatic heterocycles. The molecule has 0 aromatic carbocycles. The van der Waals surface area contributed by atoms with Crippen LogP contribution in [-0.2, 0) is 0 Å². The van der Waals surface area contributed by atoms with Crippen molar-refractivity contribution in [1.29, 1.82) is 0 Å². The zero-order valence-corrected chi connectivity index (χ0v) is 10.0. The van der Waals surface area contributed by atoms with Crippen molar-refractivity contribution in [3.63, 3.8) is 0 Å². The number of hydrazine groups is 1. The third kappa shape index (κ3) is 1.98. The summed E-state index contributed by atoms with van der Waals surface area (Å²) >= 11 is 1.39. The predicted octanol–water partition coefficient (Wildman–Crippen LogP) is 0.956. The largest absolute Gasteiger partial charge is 0.307 e. The Bertz CT molecular complexity index is 666. The second kappa shape index (κ2) is 4.59. The Balaban J connectivity index is 2.07. The van der Waals surface area contributed by atoms with Gasteiger partial charge in [0.1, 0.15) is 10.1 Å². The van der Waals surface area contributed by atoms with Crippen LogP contribution in [-0.4, -0.2) is 24.3 Å². The number of nitrogens with one attached hydrogen (secondary N) is 1. The van der Waals surface area contributed by atoms with Gasteiger partial charge in [0, 0.05) is 24.8 Å². The summed E-state index contributed by atoms with van der Waals surface area (Å²) in [6.07, 6.45) is 10.2. The average Bonchev–Trinajstić information content (AvgIpc) is 2.88. The smallest absolute Gasteiger partial charge is 0.170 e. The molecule has 0 saturated heterocycles. The molecule has 0 bridgehead atoms. The van der Waals surface area contributed by atoms with Crippen LogP contribution in [0.2, 0.25) is 0 Å². The SMILES string of the molecule is NNc1cn2ccnc2c(Sc2cnccn2)n1. The van der Waals surface area contributed by atoms with Crippen LogP contribution in [0.3, 0.4) is 0 Å². The van der Waals surface area contributed by atoms with Gasteiger partial charge in [0.15, 0.2) is 11.5 Å². The van der Waals surface area contributed by atoms with E-state index in [1.807, 2.05) is 10.6 Å². The maximum absolute atomic E-state index is 5.39. The summed E-state index contributed by atoms with van der Waals surface area (Å²) in [5, 5.41) is 1.47. The lowest BCUT2D eigenvalue weighted by Gasteiger charge is -2.05. The third-order valence-corrected chi connectivity index (χ3v) is 3.12. The Morgan fingerprint density at radius 3 is 2.94 bits per heavy atom. The second-order valence-electron chi connectivity index (χ2n) is 3.38. The molecular weight excluding hydrogens is 250 g/mol. The van der Waals surface area contributed by atoms with Crippen LogP contribution < -0.4 is 11.3 Å². The highest BCUT2D eigenvalue weighted by Gasteiger charge is 2.09. The molecule has 3 rings (SSSR count). The van der Waals surface area contributed by atoms with Crippen molar-refractivity contribution in [2.75, 3.05) is 5.43 Å². The van der Waals surface area contributed by atoms with Crippen molar-refractivity contribution in [2.45, 2.75) is 10.1 Å². The van der Waals surface area contributed by atoms with E-state index in [1.54, 1.807) is 31.0 Å². The summed E-state index contributed by atoms with van der Waals surface area (Å²) < 4.78 is 1.85. The number of hydrogen-bond acceptors (Lipinski definition) is 7. The number of fused-ring (bicyclic) bond motifs is 1. The molecule has 0 radical (unpaired) electrons. The lowest BCUT2D eigenvalue weighted by atomic mass is 10.6. The monoisotopic (exact) mass is 259 g/mol. The molecule has 3 heterocycles. The van der Waals surface area contributed by atoms with Gasteiger partial charge >= 0.3 is 0 Å². The Kier molecular flexibility index (Phi) is 2.79. The van der Waals surface area contributed by atoms with Gasteiger partial charge in [0.25, 0.3) is 0 Å². The van der Waals surface area contributed by atoms with Crippen molar-refractivity contribution in [1.82, 2.24) is 24.3 Å². The third-order valence-electron chi connectivity index (χ3n) is 2.23. The minimum absolute atomic E-state index is 0.562. The summed E-state index contributed by atoms with van der Waals surface area (Å²) in [4.78, 5) is 16.8. The van der Waals surface area contributed by atoms with E-state index < -0.39 is 0 Å². The molecule has 18 heavy (non-hydrogen) atoms. The van der Waals surface area contributed by atoms with E-state index in [2.05, 4.69) is 25.4 Å². The van der Waals surface area contributed by atoms with Crippen molar-refractivity contribution in [2.24, 2.45) is 5.84 Å². The number of rotatable bonds is 3. The molecule has 3 aromatic heterocycles. The number of anilines is 1. The van der Waals surface area contributed by atoms with Gasteiger partial charge in [-0.15, -0.1) is 0 Å². The first-order chi connectivity index (χ1) is 8.86. The molecule has 3 aromatic rings. The molecule has 0 amide bonds. The van der Waals surface area contributed by atoms with Crippen molar-refractivity contribution >= 4 is 23.2 Å². The van der Waals surface area contributed by atoms with Crippen LogP contribution in [0.15, 0.2) is 47.2 Å². The van der Waals surface area contributed by atoms with Crippen LogP contribution in [0.25, 0.3) is 5.65 Å². The molecular formula is C10H9N7S. The van der Waals surface area contributed by atoms with Gasteiger partial charge in [-0.25, -0.2) is 20.8 Å². The van der Waals surface area contributed by atoms with Crippen LogP contribution in [0.5, 0.6) is 0 Å². The van der Waals surface area contributed by atoms with Crippen molar-refractivity contribution in [3.05, 3.63) is 37.2 Å². The summed E-state index contributed by atoms with van der Waals surface area (Å²) in [6, 6.07) is 0. The van der Waals surface area contributed by atoms with Gasteiger partial charge in [-0.1, -0.05) is 0 Å². The number of nitrogens with zero attached hydrogens (tertiary/aromatic N) is 5. The minimum atomic E-state index is 0.562. The second-order valence-corrected chi connectivity index (χ2v) is 4.39. The van der Waals surface area contributed by atoms with E-state index in [9.17, 15) is 0 Å². The molecule has 0 unspecified atom stereocenters. The van der Waals surface area contributed by atoms with E-state index in [1.165, 1.54) is 11.8 Å². The maximum Gasteiger partial charge on any atom is 0.170 e. The first-order valence-electron chi connectivity index (χ1n) is 5.11. The number of aromatic nitrogens is 5. The molecule has 0 atom stereocenters. The Morgan fingerprint density at radius 1 is 1.22 bits per heavy atom. The summed E-state index contributed by atoms with van der Waals surface area (Å²) in [5.74, 6) is 5.95. The molecule has 0 aliphatic rings. The highest BCUT2D eigenvalue weighted by molar-refractivity contribution is 7.99. The van der Waals surface area contributed by atoms with Crippen molar-refractivity contribution in [3.8, 4) is 0 Å². The topological polar surface area (TPSA) is 94.0 Å². The number of nitrogen functional groups attached to an aromatic ring is 1. The Hall–Kier alpha value is -2.19. The first-order valence-corrected chi connectivity index (χ1v) is 5.92. The lowest BCUT2D eigenvalue weighted by Crippen LogP contribution is -2.10. The average molecular weight is 259 g/mol. The van der Waals surface area contributed by atoms with Crippen molar-refractivity contribution < 1.29 is 0 Å². The first kappa shape index (κ1) is 10.9. The number of imidazole rings is 1. The molecule has 7 nitrogen and oxygen atoms in total. The molecule has 3 N–H and O–H groups in total. The highest BCUT2D eigenvalue weighted by atomic mass is 32.2. The Morgan fingerprint density at radius 2 is 2.17 bits per heavy atom. The van der Waals surface area contributed by atoms with Gasteiger partial charge in [-0.2, -0.15) is 0 Å². The standard InChI is InChI=1S/C10H9N7S/c11-16-7-6-17-4-3-14-9(17)10(15-7)18-8-5-12-1-2-13-8/h1-6,16H,11H2. The quantitative estimate of drug-likeness (QED) is 0.534. The fourth-order valence-electron chi connectivity index (χ4n) is 1.48. The van der Waals surface area contributed by atoms with Gasteiger partial charge < -0.3 is 9.83 Å². The molecule has 0 aliphatic carbocycles. The Labute approximate surface area is 106 Å². The number of hydrogen-bond donors (Lipinski definition) is 2. The van der Waals surface area contributed by atoms with E-state index in [0.29, 0.717) is 5.82 Å². The van der Waals surface area contributed by atoms with Gasteiger partial charge in [-0.3, -0.25) is 4.98 Å². The summed E-state index contributed by atoms with van der Waals surface area (Å²) in [7, 11) is 0. The zero-order valence-electron chi connectivity index (χ0n) is 9.19. The van der Waals surface area contributed by atoms with Crippen LogP contribution >= 0.6 is 11.8 Å². The van der Waals surface area contributed by atoms with E-state index in [0.717, 1.165) is 15.7 Å². The van der Waals surface area contributed by atoms with Gasteiger partial charge in [0.2, 0.25) is 0 Å². The minimum Gasteiger partial charge on any atom is -0.307 e. The zero-order chi connectivity index (χ0) is 12.4. The summed E-state index contributed by atoms with van der Waals surface area (Å²) in [6.45, 7) is 0. The maximum atomic E-state index is 5.39.